The number of hydrogen-bond acceptors (Lipinski definition) is 5. The number of fused-ring (bicyclic) bond motifs is 1. The first kappa shape index (κ1) is 15.2. The van der Waals surface area contributed by atoms with Gasteiger partial charge in [-0.2, -0.15) is 0 Å². The molecule has 0 bridgehead atoms. The SMILES string of the molecule is CCOC(=O)C(O)CCCN1C(=O)c2ccccc2C1=O. The van der Waals surface area contributed by atoms with Crippen LogP contribution in [0, 0.1) is 0 Å². The average molecular weight is 291 g/mol. The molecule has 112 valence electrons. The van der Waals surface area contributed by atoms with Gasteiger partial charge in [-0.15, -0.1) is 0 Å². The van der Waals surface area contributed by atoms with Crippen molar-refractivity contribution in [3.05, 3.63) is 35.4 Å². The van der Waals surface area contributed by atoms with E-state index in [1.165, 1.54) is 0 Å². The second-order valence-corrected chi connectivity index (χ2v) is 4.72. The van der Waals surface area contributed by atoms with E-state index in [0.29, 0.717) is 17.5 Å². The number of imide groups is 1. The largest absolute Gasteiger partial charge is 0.464 e. The molecule has 0 radical (unpaired) electrons. The van der Waals surface area contributed by atoms with Gasteiger partial charge in [0.1, 0.15) is 0 Å². The summed E-state index contributed by atoms with van der Waals surface area (Å²) in [6, 6.07) is 6.64. The first-order chi connectivity index (χ1) is 10.1. The lowest BCUT2D eigenvalue weighted by Gasteiger charge is -2.15. The van der Waals surface area contributed by atoms with E-state index in [2.05, 4.69) is 4.74 Å². The van der Waals surface area contributed by atoms with E-state index < -0.39 is 12.1 Å². The molecule has 6 heteroatoms. The van der Waals surface area contributed by atoms with Crippen molar-refractivity contribution in [1.29, 1.82) is 0 Å². The van der Waals surface area contributed by atoms with Crippen LogP contribution in [-0.2, 0) is 9.53 Å². The van der Waals surface area contributed by atoms with Crippen LogP contribution in [0.2, 0.25) is 0 Å². The van der Waals surface area contributed by atoms with E-state index >= 15 is 0 Å². The van der Waals surface area contributed by atoms with E-state index in [4.69, 9.17) is 0 Å². The van der Waals surface area contributed by atoms with Crippen LogP contribution < -0.4 is 0 Å². The molecule has 0 saturated heterocycles. The molecule has 1 unspecified atom stereocenters. The summed E-state index contributed by atoms with van der Waals surface area (Å²) in [5.41, 5.74) is 0.793. The predicted molar refractivity (Wildman–Crippen MR) is 73.7 cm³/mol. The van der Waals surface area contributed by atoms with E-state index in [-0.39, 0.29) is 31.4 Å². The molecule has 1 aromatic carbocycles. The number of carbonyl (C=O) groups excluding carboxylic acids is 3. The number of hydrogen-bond donors (Lipinski definition) is 1. The molecule has 0 saturated carbocycles. The fourth-order valence-electron chi connectivity index (χ4n) is 2.24. The van der Waals surface area contributed by atoms with Crippen LogP contribution in [0.5, 0.6) is 0 Å². The first-order valence-electron chi connectivity index (χ1n) is 6.86. The van der Waals surface area contributed by atoms with Gasteiger partial charge in [-0.1, -0.05) is 12.1 Å². The zero-order valence-corrected chi connectivity index (χ0v) is 11.7. The topological polar surface area (TPSA) is 83.9 Å². The van der Waals surface area contributed by atoms with Crippen molar-refractivity contribution >= 4 is 17.8 Å². The molecular weight excluding hydrogens is 274 g/mol. The third-order valence-electron chi connectivity index (χ3n) is 3.30. The molecule has 6 nitrogen and oxygen atoms in total. The standard InChI is InChI=1S/C15H17NO5/c1-2-21-15(20)12(17)8-5-9-16-13(18)10-6-3-4-7-11(10)14(16)19/h3-4,6-7,12,17H,2,5,8-9H2,1H3. The summed E-state index contributed by atoms with van der Waals surface area (Å²) in [4.78, 5) is 36.5. The normalized spacial score (nSPS) is 15.0. The second-order valence-electron chi connectivity index (χ2n) is 4.72. The first-order valence-corrected chi connectivity index (χ1v) is 6.86. The highest BCUT2D eigenvalue weighted by atomic mass is 16.5. The maximum absolute atomic E-state index is 12.1. The molecule has 1 atom stereocenters. The summed E-state index contributed by atoms with van der Waals surface area (Å²) in [7, 11) is 0. The molecule has 1 heterocycles. The Balaban J connectivity index is 1.90. The minimum absolute atomic E-state index is 0.145. The molecule has 0 aromatic heterocycles. The second kappa shape index (κ2) is 6.49. The van der Waals surface area contributed by atoms with Crippen LogP contribution in [0.3, 0.4) is 0 Å². The van der Waals surface area contributed by atoms with Gasteiger partial charge in [0.05, 0.1) is 17.7 Å². The number of ether oxygens (including phenoxy) is 1. The molecule has 1 aliphatic heterocycles. The van der Waals surface area contributed by atoms with Gasteiger partial charge < -0.3 is 9.84 Å². The van der Waals surface area contributed by atoms with E-state index in [9.17, 15) is 19.5 Å². The lowest BCUT2D eigenvalue weighted by Crippen LogP contribution is -2.32. The summed E-state index contributed by atoms with van der Waals surface area (Å²) >= 11 is 0. The Morgan fingerprint density at radius 3 is 2.33 bits per heavy atom. The van der Waals surface area contributed by atoms with Crippen LogP contribution in [0.25, 0.3) is 0 Å². The molecule has 1 aliphatic rings. The van der Waals surface area contributed by atoms with Gasteiger partial charge in [0.25, 0.3) is 11.8 Å². The smallest absolute Gasteiger partial charge is 0.334 e. The summed E-state index contributed by atoms with van der Waals surface area (Å²) in [5.74, 6) is -1.35. The molecule has 0 spiro atoms. The third-order valence-corrected chi connectivity index (χ3v) is 3.30. The van der Waals surface area contributed by atoms with Crippen molar-refractivity contribution in [2.24, 2.45) is 0 Å². The number of nitrogens with zero attached hydrogens (tertiary/aromatic N) is 1. The predicted octanol–water partition coefficient (Wildman–Crippen LogP) is 0.987. The zero-order chi connectivity index (χ0) is 15.4. The lowest BCUT2D eigenvalue weighted by molar-refractivity contribution is -0.153. The highest BCUT2D eigenvalue weighted by Gasteiger charge is 2.34. The molecule has 21 heavy (non-hydrogen) atoms. The molecule has 0 fully saturated rings. The summed E-state index contributed by atoms with van der Waals surface area (Å²) in [6.07, 6.45) is -0.738. The van der Waals surface area contributed by atoms with Crippen LogP contribution >= 0.6 is 0 Å². The summed E-state index contributed by atoms with van der Waals surface area (Å²) < 4.78 is 4.68. The fourth-order valence-corrected chi connectivity index (χ4v) is 2.24. The summed E-state index contributed by atoms with van der Waals surface area (Å²) in [5, 5.41) is 9.57. The van der Waals surface area contributed by atoms with E-state index in [1.54, 1.807) is 31.2 Å². The Labute approximate surface area is 122 Å². The molecule has 0 aliphatic carbocycles. The highest BCUT2D eigenvalue weighted by molar-refractivity contribution is 6.21. The fraction of sp³-hybridized carbons (Fsp3) is 0.400. The highest BCUT2D eigenvalue weighted by Crippen LogP contribution is 2.22. The van der Waals surface area contributed by atoms with Crippen LogP contribution in [0.4, 0.5) is 0 Å². The Morgan fingerprint density at radius 2 is 1.81 bits per heavy atom. The molecule has 1 N–H and O–H groups in total. The Hall–Kier alpha value is -2.21. The maximum Gasteiger partial charge on any atom is 0.334 e. The third kappa shape index (κ3) is 3.11. The summed E-state index contributed by atoms with van der Waals surface area (Å²) in [6.45, 7) is 2.03. The van der Waals surface area contributed by atoms with E-state index in [1.807, 2.05) is 0 Å². The zero-order valence-electron chi connectivity index (χ0n) is 11.7. The molecular formula is C15H17NO5. The Kier molecular flexibility index (Phi) is 4.70. The van der Waals surface area contributed by atoms with Gasteiger partial charge in [-0.3, -0.25) is 14.5 Å². The van der Waals surface area contributed by atoms with Crippen molar-refractivity contribution < 1.29 is 24.2 Å². The Morgan fingerprint density at radius 1 is 1.24 bits per heavy atom. The molecule has 2 amide bonds. The van der Waals surface area contributed by atoms with Crippen molar-refractivity contribution in [3.8, 4) is 0 Å². The Bertz CT molecular complexity index is 534. The van der Waals surface area contributed by atoms with Gasteiger partial charge >= 0.3 is 5.97 Å². The number of amides is 2. The van der Waals surface area contributed by atoms with Crippen molar-refractivity contribution in [1.82, 2.24) is 4.90 Å². The molecule has 1 aromatic rings. The maximum atomic E-state index is 12.1. The lowest BCUT2D eigenvalue weighted by atomic mass is 10.1. The number of carbonyl (C=O) groups is 3. The number of aliphatic hydroxyl groups excluding tert-OH is 1. The van der Waals surface area contributed by atoms with Crippen LogP contribution in [0.15, 0.2) is 24.3 Å². The van der Waals surface area contributed by atoms with Gasteiger partial charge in [0.15, 0.2) is 6.10 Å². The van der Waals surface area contributed by atoms with Gasteiger partial charge in [-0.25, -0.2) is 4.79 Å². The van der Waals surface area contributed by atoms with Gasteiger partial charge in [0.2, 0.25) is 0 Å². The quantitative estimate of drug-likeness (QED) is 0.624. The number of esters is 1. The van der Waals surface area contributed by atoms with Crippen LogP contribution in [-0.4, -0.2) is 47.0 Å². The van der Waals surface area contributed by atoms with Gasteiger partial charge in [0, 0.05) is 6.54 Å². The van der Waals surface area contributed by atoms with Crippen molar-refractivity contribution in [3.63, 3.8) is 0 Å². The van der Waals surface area contributed by atoms with Crippen molar-refractivity contribution in [2.45, 2.75) is 25.9 Å². The van der Waals surface area contributed by atoms with E-state index in [0.717, 1.165) is 4.90 Å². The van der Waals surface area contributed by atoms with Crippen LogP contribution in [0.1, 0.15) is 40.5 Å². The van der Waals surface area contributed by atoms with Crippen molar-refractivity contribution in [2.75, 3.05) is 13.2 Å². The monoisotopic (exact) mass is 291 g/mol. The number of benzene rings is 1. The number of aliphatic hydroxyl groups is 1. The average Bonchev–Trinajstić information content (AvgIpc) is 2.73. The minimum atomic E-state index is -1.22. The minimum Gasteiger partial charge on any atom is -0.464 e. The number of rotatable bonds is 6. The van der Waals surface area contributed by atoms with Gasteiger partial charge in [-0.05, 0) is 31.9 Å². The molecule has 2 rings (SSSR count).